The lowest BCUT2D eigenvalue weighted by atomic mass is 10.0. The maximum atomic E-state index is 12.4. The van der Waals surface area contributed by atoms with E-state index in [1.807, 2.05) is 17.0 Å². The van der Waals surface area contributed by atoms with Gasteiger partial charge in [-0.05, 0) is 49.8 Å². The molecular weight excluding hydrogens is 270 g/mol. The highest BCUT2D eigenvalue weighted by Gasteiger charge is 2.17. The Kier molecular flexibility index (Phi) is 7.48. The maximum Gasteiger partial charge on any atom is 0.253 e. The molecule has 0 N–H and O–H groups in total. The largest absolute Gasteiger partial charge is 0.339 e. The summed E-state index contributed by atoms with van der Waals surface area (Å²) in [4.78, 5) is 14.4. The average molecular weight is 301 g/mol. The molecule has 1 heterocycles. The molecule has 22 heavy (non-hydrogen) atoms. The van der Waals surface area contributed by atoms with Crippen LogP contribution in [0.5, 0.6) is 0 Å². The summed E-state index contributed by atoms with van der Waals surface area (Å²) in [6, 6.07) is 8.32. The van der Waals surface area contributed by atoms with Crippen LogP contribution in [0.2, 0.25) is 0 Å². The molecule has 0 unspecified atom stereocenters. The summed E-state index contributed by atoms with van der Waals surface area (Å²) < 4.78 is 0. The third-order valence-corrected chi connectivity index (χ3v) is 4.66. The van der Waals surface area contributed by atoms with E-state index in [1.165, 1.54) is 50.5 Å². The Bertz CT molecular complexity index is 432. The summed E-state index contributed by atoms with van der Waals surface area (Å²) in [7, 11) is 0. The quantitative estimate of drug-likeness (QED) is 0.603. The van der Waals surface area contributed by atoms with Gasteiger partial charge in [-0.3, -0.25) is 4.79 Å². The van der Waals surface area contributed by atoms with Crippen LogP contribution in [0.4, 0.5) is 0 Å². The Morgan fingerprint density at radius 3 is 2.23 bits per heavy atom. The lowest BCUT2D eigenvalue weighted by Gasteiger charge is -2.26. The molecule has 0 atom stereocenters. The van der Waals surface area contributed by atoms with E-state index < -0.39 is 0 Å². The second-order valence-electron chi connectivity index (χ2n) is 6.57. The monoisotopic (exact) mass is 301 g/mol. The van der Waals surface area contributed by atoms with Gasteiger partial charge in [-0.1, -0.05) is 51.2 Å². The van der Waals surface area contributed by atoms with Crippen LogP contribution in [0.25, 0.3) is 0 Å². The molecule has 0 spiro atoms. The minimum atomic E-state index is 0.214. The second-order valence-corrected chi connectivity index (χ2v) is 6.57. The van der Waals surface area contributed by atoms with Gasteiger partial charge >= 0.3 is 0 Å². The molecule has 1 aromatic carbocycles. The van der Waals surface area contributed by atoms with Crippen molar-refractivity contribution in [3.63, 3.8) is 0 Å². The molecular formula is C20H31NO. The van der Waals surface area contributed by atoms with Crippen LogP contribution >= 0.6 is 0 Å². The Labute approximate surface area is 135 Å². The highest BCUT2D eigenvalue weighted by Crippen LogP contribution is 2.15. The maximum absolute atomic E-state index is 12.4. The number of amides is 1. The first-order chi connectivity index (χ1) is 10.8. The molecule has 2 nitrogen and oxygen atoms in total. The van der Waals surface area contributed by atoms with Crippen LogP contribution in [0.15, 0.2) is 24.3 Å². The summed E-state index contributed by atoms with van der Waals surface area (Å²) in [5.41, 5.74) is 2.22. The minimum absolute atomic E-state index is 0.214. The Balaban J connectivity index is 1.73. The predicted molar refractivity (Wildman–Crippen MR) is 93.3 cm³/mol. The molecule has 0 bridgehead atoms. The van der Waals surface area contributed by atoms with Crippen molar-refractivity contribution in [2.24, 2.45) is 0 Å². The SMILES string of the molecule is CCCCCCCCc1ccc(C(=O)N2CCCCC2)cc1. The average Bonchev–Trinajstić information content (AvgIpc) is 2.59. The van der Waals surface area contributed by atoms with Gasteiger partial charge in [0.1, 0.15) is 0 Å². The minimum Gasteiger partial charge on any atom is -0.339 e. The number of hydrogen-bond acceptors (Lipinski definition) is 1. The fourth-order valence-electron chi connectivity index (χ4n) is 3.20. The van der Waals surface area contributed by atoms with Gasteiger partial charge in [0.05, 0.1) is 0 Å². The molecule has 1 aliphatic heterocycles. The summed E-state index contributed by atoms with van der Waals surface area (Å²) in [5, 5.41) is 0. The molecule has 1 fully saturated rings. The van der Waals surface area contributed by atoms with Gasteiger partial charge in [0.15, 0.2) is 0 Å². The number of benzene rings is 1. The first kappa shape index (κ1) is 17.1. The van der Waals surface area contributed by atoms with Crippen LogP contribution in [0.3, 0.4) is 0 Å². The van der Waals surface area contributed by atoms with Crippen molar-refractivity contribution in [3.05, 3.63) is 35.4 Å². The molecule has 1 amide bonds. The van der Waals surface area contributed by atoms with Gasteiger partial charge in [0.25, 0.3) is 5.91 Å². The van der Waals surface area contributed by atoms with Gasteiger partial charge < -0.3 is 4.90 Å². The molecule has 122 valence electrons. The first-order valence-corrected chi connectivity index (χ1v) is 9.19. The van der Waals surface area contributed by atoms with Crippen molar-refractivity contribution in [1.82, 2.24) is 4.90 Å². The van der Waals surface area contributed by atoms with E-state index in [4.69, 9.17) is 0 Å². The van der Waals surface area contributed by atoms with Gasteiger partial charge in [0.2, 0.25) is 0 Å². The third kappa shape index (κ3) is 5.47. The molecule has 1 aliphatic rings. The topological polar surface area (TPSA) is 20.3 Å². The van der Waals surface area contributed by atoms with Crippen molar-refractivity contribution < 1.29 is 4.79 Å². The summed E-state index contributed by atoms with van der Waals surface area (Å²) in [5.74, 6) is 0.214. The lowest BCUT2D eigenvalue weighted by molar-refractivity contribution is 0.0724. The van der Waals surface area contributed by atoms with Gasteiger partial charge in [-0.15, -0.1) is 0 Å². The van der Waals surface area contributed by atoms with E-state index in [9.17, 15) is 4.79 Å². The van der Waals surface area contributed by atoms with Crippen molar-refractivity contribution in [3.8, 4) is 0 Å². The highest BCUT2D eigenvalue weighted by atomic mass is 16.2. The summed E-state index contributed by atoms with van der Waals surface area (Å²) >= 11 is 0. The fraction of sp³-hybridized carbons (Fsp3) is 0.650. The summed E-state index contributed by atoms with van der Waals surface area (Å²) in [6.07, 6.45) is 12.7. The Morgan fingerprint density at radius 2 is 1.55 bits per heavy atom. The highest BCUT2D eigenvalue weighted by molar-refractivity contribution is 5.94. The van der Waals surface area contributed by atoms with Crippen molar-refractivity contribution in [2.45, 2.75) is 71.1 Å². The fourth-order valence-corrected chi connectivity index (χ4v) is 3.20. The van der Waals surface area contributed by atoms with Crippen LogP contribution in [-0.4, -0.2) is 23.9 Å². The van der Waals surface area contributed by atoms with Gasteiger partial charge in [-0.25, -0.2) is 0 Å². The number of carbonyl (C=O) groups excluding carboxylic acids is 1. The zero-order valence-electron chi connectivity index (χ0n) is 14.2. The van der Waals surface area contributed by atoms with E-state index in [2.05, 4.69) is 19.1 Å². The number of rotatable bonds is 8. The molecule has 2 heteroatoms. The summed E-state index contributed by atoms with van der Waals surface area (Å²) in [6.45, 7) is 4.11. The molecule has 0 aliphatic carbocycles. The smallest absolute Gasteiger partial charge is 0.253 e. The van der Waals surface area contributed by atoms with Gasteiger partial charge in [-0.2, -0.15) is 0 Å². The molecule has 1 saturated heterocycles. The normalized spacial score (nSPS) is 15.0. The second kappa shape index (κ2) is 9.66. The number of carbonyl (C=O) groups is 1. The number of piperidine rings is 1. The lowest BCUT2D eigenvalue weighted by Crippen LogP contribution is -2.35. The first-order valence-electron chi connectivity index (χ1n) is 9.19. The third-order valence-electron chi connectivity index (χ3n) is 4.66. The van der Waals surface area contributed by atoms with Crippen molar-refractivity contribution >= 4 is 5.91 Å². The zero-order valence-corrected chi connectivity index (χ0v) is 14.2. The number of unbranched alkanes of at least 4 members (excludes halogenated alkanes) is 5. The van der Waals surface area contributed by atoms with Crippen molar-refractivity contribution in [1.29, 1.82) is 0 Å². The number of hydrogen-bond donors (Lipinski definition) is 0. The molecule has 1 aromatic rings. The van der Waals surface area contributed by atoms with E-state index in [1.54, 1.807) is 0 Å². The number of nitrogens with zero attached hydrogens (tertiary/aromatic N) is 1. The van der Waals surface area contributed by atoms with E-state index >= 15 is 0 Å². The molecule has 2 rings (SSSR count). The van der Waals surface area contributed by atoms with Crippen molar-refractivity contribution in [2.75, 3.05) is 13.1 Å². The van der Waals surface area contributed by atoms with Crippen LogP contribution in [0, 0.1) is 0 Å². The van der Waals surface area contributed by atoms with Crippen LogP contribution < -0.4 is 0 Å². The Morgan fingerprint density at radius 1 is 0.909 bits per heavy atom. The zero-order chi connectivity index (χ0) is 15.6. The van der Waals surface area contributed by atoms with E-state index in [0.717, 1.165) is 37.9 Å². The Hall–Kier alpha value is -1.31. The molecule has 0 aromatic heterocycles. The standard InChI is InChI=1S/C20H31NO/c1-2-3-4-5-6-8-11-18-12-14-19(15-13-18)20(22)21-16-9-7-10-17-21/h12-15H,2-11,16-17H2,1H3. The van der Waals surface area contributed by atoms with Crippen LogP contribution in [-0.2, 0) is 6.42 Å². The van der Waals surface area contributed by atoms with E-state index in [-0.39, 0.29) is 5.91 Å². The number of aryl methyl sites for hydroxylation is 1. The predicted octanol–water partition coefficient (Wildman–Crippen LogP) is 5.22. The molecule has 0 radical (unpaired) electrons. The van der Waals surface area contributed by atoms with Crippen LogP contribution in [0.1, 0.15) is 80.6 Å². The van der Waals surface area contributed by atoms with Gasteiger partial charge in [0, 0.05) is 18.7 Å². The molecule has 0 saturated carbocycles. The van der Waals surface area contributed by atoms with E-state index in [0.29, 0.717) is 0 Å². The number of likely N-dealkylation sites (tertiary alicyclic amines) is 1.